The van der Waals surface area contributed by atoms with Crippen molar-refractivity contribution in [1.82, 2.24) is 0 Å². The summed E-state index contributed by atoms with van der Waals surface area (Å²) < 4.78 is 0.576. The Morgan fingerprint density at radius 2 is 2.25 bits per heavy atom. The highest BCUT2D eigenvalue weighted by molar-refractivity contribution is 9.10. The maximum atomic E-state index is 10.6. The number of hydrogen-bond acceptors (Lipinski definition) is 2. The third kappa shape index (κ3) is 1.84. The first-order valence-electron chi connectivity index (χ1n) is 3.37. The van der Waals surface area contributed by atoms with E-state index in [2.05, 4.69) is 15.9 Å². The molecule has 3 N–H and O–H groups in total. The Morgan fingerprint density at radius 3 is 2.75 bits per heavy atom. The number of hydrogen-bond donors (Lipinski definition) is 2. The van der Waals surface area contributed by atoms with Gasteiger partial charge in [-0.15, -0.1) is 0 Å². The normalized spacial score (nSPS) is 9.83. The van der Waals surface area contributed by atoms with Crippen molar-refractivity contribution in [2.24, 2.45) is 5.73 Å². The SMILES string of the molecule is NCc1ccc(Br)c(C(=O)O)c1. The molecule has 0 aliphatic carbocycles. The standard InChI is InChI=1S/C8H8BrNO2/c9-7-2-1-5(4-10)3-6(7)8(11)12/h1-3H,4,10H2,(H,11,12). The van der Waals surface area contributed by atoms with E-state index < -0.39 is 5.97 Å². The van der Waals surface area contributed by atoms with Crippen LogP contribution in [0.4, 0.5) is 0 Å². The summed E-state index contributed by atoms with van der Waals surface area (Å²) in [5, 5.41) is 8.71. The molecule has 0 amide bonds. The second-order valence-electron chi connectivity index (χ2n) is 2.32. The number of nitrogens with two attached hydrogens (primary N) is 1. The fourth-order valence-electron chi connectivity index (χ4n) is 0.863. The minimum absolute atomic E-state index is 0.248. The second kappa shape index (κ2) is 3.69. The highest BCUT2D eigenvalue weighted by Crippen LogP contribution is 2.17. The fourth-order valence-corrected chi connectivity index (χ4v) is 1.28. The van der Waals surface area contributed by atoms with Crippen molar-refractivity contribution in [3.63, 3.8) is 0 Å². The predicted molar refractivity (Wildman–Crippen MR) is 49.0 cm³/mol. The van der Waals surface area contributed by atoms with Crippen LogP contribution < -0.4 is 5.73 Å². The van der Waals surface area contributed by atoms with Gasteiger partial charge in [-0.1, -0.05) is 6.07 Å². The van der Waals surface area contributed by atoms with Gasteiger partial charge in [-0.25, -0.2) is 4.79 Å². The Morgan fingerprint density at radius 1 is 1.58 bits per heavy atom. The maximum absolute atomic E-state index is 10.6. The Balaban J connectivity index is 3.17. The lowest BCUT2D eigenvalue weighted by Gasteiger charge is -2.01. The summed E-state index contributed by atoms with van der Waals surface area (Å²) >= 11 is 3.14. The van der Waals surface area contributed by atoms with Gasteiger partial charge < -0.3 is 10.8 Å². The Bertz CT molecular complexity index is 312. The molecule has 1 rings (SSSR count). The van der Waals surface area contributed by atoms with E-state index in [0.29, 0.717) is 11.0 Å². The molecule has 3 nitrogen and oxygen atoms in total. The third-order valence-corrected chi connectivity index (χ3v) is 2.19. The molecule has 1 aromatic carbocycles. The van der Waals surface area contributed by atoms with Gasteiger partial charge in [-0.05, 0) is 33.6 Å². The summed E-state index contributed by atoms with van der Waals surface area (Å²) in [6, 6.07) is 5.04. The van der Waals surface area contributed by atoms with Crippen LogP contribution in [0.1, 0.15) is 15.9 Å². The summed E-state index contributed by atoms with van der Waals surface area (Å²) in [6.45, 7) is 0.355. The quantitative estimate of drug-likeness (QED) is 0.811. The Kier molecular flexibility index (Phi) is 2.83. The van der Waals surface area contributed by atoms with Crippen LogP contribution in [0.5, 0.6) is 0 Å². The number of benzene rings is 1. The van der Waals surface area contributed by atoms with Crippen molar-refractivity contribution in [1.29, 1.82) is 0 Å². The van der Waals surface area contributed by atoms with Crippen molar-refractivity contribution in [3.8, 4) is 0 Å². The molecule has 0 aromatic heterocycles. The van der Waals surface area contributed by atoms with Gasteiger partial charge in [0.15, 0.2) is 0 Å². The van der Waals surface area contributed by atoms with Crippen LogP contribution in [0.3, 0.4) is 0 Å². The highest BCUT2D eigenvalue weighted by Gasteiger charge is 2.07. The van der Waals surface area contributed by atoms with Crippen molar-refractivity contribution in [3.05, 3.63) is 33.8 Å². The van der Waals surface area contributed by atoms with Gasteiger partial charge in [0.05, 0.1) is 5.56 Å². The Hall–Kier alpha value is -0.870. The number of halogens is 1. The molecule has 0 atom stereocenters. The van der Waals surface area contributed by atoms with E-state index in [9.17, 15) is 4.79 Å². The molecule has 1 aromatic rings. The summed E-state index contributed by atoms with van der Waals surface area (Å²) in [5.41, 5.74) is 6.42. The number of rotatable bonds is 2. The lowest BCUT2D eigenvalue weighted by atomic mass is 10.1. The topological polar surface area (TPSA) is 63.3 Å². The van der Waals surface area contributed by atoms with Crippen LogP contribution in [0.2, 0.25) is 0 Å². The van der Waals surface area contributed by atoms with E-state index in [1.807, 2.05) is 0 Å². The van der Waals surface area contributed by atoms with E-state index >= 15 is 0 Å². The van der Waals surface area contributed by atoms with Gasteiger partial charge in [0, 0.05) is 11.0 Å². The second-order valence-corrected chi connectivity index (χ2v) is 3.18. The molecule has 0 spiro atoms. The van der Waals surface area contributed by atoms with Crippen LogP contribution in [0.15, 0.2) is 22.7 Å². The molecule has 0 radical (unpaired) electrons. The summed E-state index contributed by atoms with van der Waals surface area (Å²) in [6.07, 6.45) is 0. The van der Waals surface area contributed by atoms with Crippen LogP contribution in [-0.4, -0.2) is 11.1 Å². The predicted octanol–water partition coefficient (Wildman–Crippen LogP) is 1.61. The summed E-state index contributed by atoms with van der Waals surface area (Å²) in [7, 11) is 0. The first-order valence-corrected chi connectivity index (χ1v) is 4.16. The molecular weight excluding hydrogens is 222 g/mol. The first-order chi connectivity index (χ1) is 5.65. The van der Waals surface area contributed by atoms with E-state index in [1.54, 1.807) is 18.2 Å². The van der Waals surface area contributed by atoms with Gasteiger partial charge in [0.1, 0.15) is 0 Å². The number of carboxylic acids is 1. The largest absolute Gasteiger partial charge is 0.478 e. The molecule has 4 heteroatoms. The van der Waals surface area contributed by atoms with Crippen molar-refractivity contribution < 1.29 is 9.90 Å². The molecule has 0 aliphatic rings. The van der Waals surface area contributed by atoms with Crippen molar-refractivity contribution in [2.75, 3.05) is 0 Å². The van der Waals surface area contributed by atoms with Gasteiger partial charge >= 0.3 is 5.97 Å². The van der Waals surface area contributed by atoms with Gasteiger partial charge in [-0.2, -0.15) is 0 Å². The summed E-state index contributed by atoms with van der Waals surface area (Å²) in [5.74, 6) is -0.947. The average Bonchev–Trinajstić information content (AvgIpc) is 2.05. The number of carboxylic acid groups (broad SMARTS) is 1. The van der Waals surface area contributed by atoms with Crippen LogP contribution in [0, 0.1) is 0 Å². The minimum Gasteiger partial charge on any atom is -0.478 e. The number of aromatic carboxylic acids is 1. The third-order valence-electron chi connectivity index (χ3n) is 1.50. The molecule has 0 saturated carbocycles. The lowest BCUT2D eigenvalue weighted by Crippen LogP contribution is -2.02. The fraction of sp³-hybridized carbons (Fsp3) is 0.125. The zero-order valence-electron chi connectivity index (χ0n) is 6.25. The molecule has 0 fully saturated rings. The first kappa shape index (κ1) is 9.22. The van der Waals surface area contributed by atoms with E-state index in [1.165, 1.54) is 0 Å². The lowest BCUT2D eigenvalue weighted by molar-refractivity contribution is 0.0696. The molecular formula is C8H8BrNO2. The van der Waals surface area contributed by atoms with E-state index in [4.69, 9.17) is 10.8 Å². The van der Waals surface area contributed by atoms with E-state index in [0.717, 1.165) is 5.56 Å². The van der Waals surface area contributed by atoms with Crippen LogP contribution in [0.25, 0.3) is 0 Å². The maximum Gasteiger partial charge on any atom is 0.336 e. The molecule has 64 valence electrons. The van der Waals surface area contributed by atoms with Gasteiger partial charge in [0.2, 0.25) is 0 Å². The zero-order valence-corrected chi connectivity index (χ0v) is 7.84. The van der Waals surface area contributed by atoms with Crippen molar-refractivity contribution >= 4 is 21.9 Å². The smallest absolute Gasteiger partial charge is 0.336 e. The molecule has 12 heavy (non-hydrogen) atoms. The van der Waals surface area contributed by atoms with Gasteiger partial charge in [-0.3, -0.25) is 0 Å². The zero-order chi connectivity index (χ0) is 9.14. The molecule has 0 heterocycles. The minimum atomic E-state index is -0.947. The molecule has 0 saturated heterocycles. The highest BCUT2D eigenvalue weighted by atomic mass is 79.9. The van der Waals surface area contributed by atoms with Crippen LogP contribution in [-0.2, 0) is 6.54 Å². The summed E-state index contributed by atoms with van der Waals surface area (Å²) in [4.78, 5) is 10.6. The monoisotopic (exact) mass is 229 g/mol. The average molecular weight is 230 g/mol. The van der Waals surface area contributed by atoms with Crippen LogP contribution >= 0.6 is 15.9 Å². The van der Waals surface area contributed by atoms with E-state index in [-0.39, 0.29) is 5.56 Å². The molecule has 0 unspecified atom stereocenters. The Labute approximate surface area is 78.3 Å². The van der Waals surface area contributed by atoms with Crippen molar-refractivity contribution in [2.45, 2.75) is 6.54 Å². The molecule has 0 aliphatic heterocycles. The molecule has 0 bridgehead atoms. The number of carbonyl (C=O) groups is 1. The van der Waals surface area contributed by atoms with Gasteiger partial charge in [0.25, 0.3) is 0 Å².